The zero-order chi connectivity index (χ0) is 50.0. The lowest BCUT2D eigenvalue weighted by Gasteiger charge is -2.18. The van der Waals surface area contributed by atoms with Crippen molar-refractivity contribution in [1.29, 1.82) is 0 Å². The Labute approximate surface area is 426 Å². The largest absolute Gasteiger partial charge is 0.462 e. The molecule has 0 N–H and O–H groups in total. The summed E-state index contributed by atoms with van der Waals surface area (Å²) in [6.45, 7) is 6.48. The number of allylic oxidation sites excluding steroid dienone is 16. The molecule has 0 fully saturated rings. The zero-order valence-corrected chi connectivity index (χ0v) is 45.0. The van der Waals surface area contributed by atoms with Gasteiger partial charge in [-0.15, -0.1) is 0 Å². The molecular formula is C63H106O6. The molecule has 0 aromatic carbocycles. The Balaban J connectivity index is 4.34. The van der Waals surface area contributed by atoms with E-state index in [-0.39, 0.29) is 31.1 Å². The second-order valence-electron chi connectivity index (χ2n) is 18.8. The minimum Gasteiger partial charge on any atom is -0.462 e. The monoisotopic (exact) mass is 959 g/mol. The van der Waals surface area contributed by atoms with Gasteiger partial charge < -0.3 is 14.2 Å². The van der Waals surface area contributed by atoms with Crippen LogP contribution in [0.25, 0.3) is 0 Å². The molecule has 0 aromatic heterocycles. The molecule has 0 heterocycles. The van der Waals surface area contributed by atoms with Crippen molar-refractivity contribution >= 4 is 17.9 Å². The van der Waals surface area contributed by atoms with Crippen LogP contribution in [0.1, 0.15) is 265 Å². The topological polar surface area (TPSA) is 78.9 Å². The van der Waals surface area contributed by atoms with Gasteiger partial charge in [0.2, 0.25) is 0 Å². The van der Waals surface area contributed by atoms with Crippen LogP contribution in [-0.2, 0) is 28.6 Å². The molecule has 0 aliphatic carbocycles. The first-order valence-corrected chi connectivity index (χ1v) is 28.7. The number of rotatable bonds is 51. The Morgan fingerprint density at radius 2 is 0.565 bits per heavy atom. The van der Waals surface area contributed by atoms with E-state index in [1.54, 1.807) is 0 Å². The molecule has 0 aliphatic rings. The maximum Gasteiger partial charge on any atom is 0.306 e. The molecule has 0 spiro atoms. The molecule has 0 aliphatic heterocycles. The van der Waals surface area contributed by atoms with Crippen molar-refractivity contribution in [2.24, 2.45) is 0 Å². The number of esters is 3. The van der Waals surface area contributed by atoms with Gasteiger partial charge in [-0.1, -0.05) is 259 Å². The molecule has 69 heavy (non-hydrogen) atoms. The quantitative estimate of drug-likeness (QED) is 0.0262. The fourth-order valence-corrected chi connectivity index (χ4v) is 7.81. The molecule has 0 saturated carbocycles. The first kappa shape index (κ1) is 65.3. The minimum atomic E-state index is -0.791. The van der Waals surface area contributed by atoms with Gasteiger partial charge in [0.1, 0.15) is 13.2 Å². The standard InChI is InChI=1S/C63H106O6/c1-4-7-10-13-16-19-21-23-25-26-27-28-29-30-31-32-33-34-35-36-38-39-41-44-47-50-53-56-62(65)68-59-60(58-67-61(64)55-52-49-46-43-18-15-12-9-6-3)69-63(66)57-54-51-48-45-42-40-37-24-22-20-17-14-11-8-5-2/h7,10,16,19,23,25,27-28,30-31,33-34,36,38,41,44,60H,4-6,8-9,11-15,17-18,20-22,24,26,29,32,35,37,39-40,42-43,45-59H2,1-3H3/b10-7-,19-16-,25-23-,28-27-,31-30-,34-33-,38-36-,44-41-. The summed E-state index contributed by atoms with van der Waals surface area (Å²) < 4.78 is 16.8. The fourth-order valence-electron chi connectivity index (χ4n) is 7.81. The number of carbonyl (C=O) groups is 3. The highest BCUT2D eigenvalue weighted by Gasteiger charge is 2.19. The van der Waals surface area contributed by atoms with Crippen molar-refractivity contribution in [2.45, 2.75) is 271 Å². The van der Waals surface area contributed by atoms with Crippen LogP contribution in [0.15, 0.2) is 97.2 Å². The fraction of sp³-hybridized carbons (Fsp3) is 0.698. The van der Waals surface area contributed by atoms with Crippen LogP contribution >= 0.6 is 0 Å². The van der Waals surface area contributed by atoms with E-state index in [2.05, 4.69) is 118 Å². The maximum atomic E-state index is 12.8. The molecule has 1 atom stereocenters. The van der Waals surface area contributed by atoms with E-state index in [0.717, 1.165) is 109 Å². The SMILES string of the molecule is CC/C=C\C/C=C\C/C=C\C/C=C\C/C=C\C/C=C\C/C=C\C/C=C\CCCCC(=O)OCC(COC(=O)CCCCCCCCCCC)OC(=O)CCCCCCCCCCCCCCCCC. The third-order valence-electron chi connectivity index (χ3n) is 12.1. The van der Waals surface area contributed by atoms with Gasteiger partial charge in [-0.3, -0.25) is 14.4 Å². The van der Waals surface area contributed by atoms with Crippen molar-refractivity contribution in [2.75, 3.05) is 13.2 Å². The highest BCUT2D eigenvalue weighted by atomic mass is 16.6. The van der Waals surface area contributed by atoms with Gasteiger partial charge in [-0.05, 0) is 83.5 Å². The second kappa shape index (κ2) is 56.9. The summed E-state index contributed by atoms with van der Waals surface area (Å²) in [6, 6.07) is 0. The van der Waals surface area contributed by atoms with Gasteiger partial charge in [0.15, 0.2) is 6.10 Å². The summed E-state index contributed by atoms with van der Waals surface area (Å²) in [5, 5.41) is 0. The highest BCUT2D eigenvalue weighted by Crippen LogP contribution is 2.15. The van der Waals surface area contributed by atoms with Crippen LogP contribution in [0, 0.1) is 0 Å². The van der Waals surface area contributed by atoms with Crippen molar-refractivity contribution in [3.8, 4) is 0 Å². The van der Waals surface area contributed by atoms with Gasteiger partial charge in [0, 0.05) is 19.3 Å². The number of ether oxygens (including phenoxy) is 3. The first-order chi connectivity index (χ1) is 34.0. The Hall–Kier alpha value is -3.67. The Kier molecular flexibility index (Phi) is 53.9. The first-order valence-electron chi connectivity index (χ1n) is 28.7. The predicted molar refractivity (Wildman–Crippen MR) is 297 cm³/mol. The van der Waals surface area contributed by atoms with Crippen LogP contribution in [0.3, 0.4) is 0 Å². The van der Waals surface area contributed by atoms with E-state index in [1.807, 2.05) is 0 Å². The molecule has 0 saturated heterocycles. The van der Waals surface area contributed by atoms with E-state index in [9.17, 15) is 14.4 Å². The summed E-state index contributed by atoms with van der Waals surface area (Å²) in [5.74, 6) is -0.932. The third kappa shape index (κ3) is 55.1. The van der Waals surface area contributed by atoms with Gasteiger partial charge >= 0.3 is 17.9 Å². The smallest absolute Gasteiger partial charge is 0.306 e. The Morgan fingerprint density at radius 1 is 0.304 bits per heavy atom. The van der Waals surface area contributed by atoms with Gasteiger partial charge in [-0.25, -0.2) is 0 Å². The van der Waals surface area contributed by atoms with Crippen molar-refractivity contribution in [3.63, 3.8) is 0 Å². The van der Waals surface area contributed by atoms with E-state index >= 15 is 0 Å². The number of hydrogen-bond acceptors (Lipinski definition) is 6. The number of unbranched alkanes of at least 4 members (excludes halogenated alkanes) is 24. The average molecular weight is 960 g/mol. The normalized spacial score (nSPS) is 12.8. The van der Waals surface area contributed by atoms with E-state index in [1.165, 1.54) is 116 Å². The van der Waals surface area contributed by atoms with Gasteiger partial charge in [0.05, 0.1) is 0 Å². The molecule has 6 heteroatoms. The van der Waals surface area contributed by atoms with E-state index in [0.29, 0.717) is 19.3 Å². The Bertz CT molecular complexity index is 1380. The number of carbonyl (C=O) groups excluding carboxylic acids is 3. The summed E-state index contributed by atoms with van der Waals surface area (Å²) in [4.78, 5) is 38.0. The molecule has 0 bridgehead atoms. The lowest BCUT2D eigenvalue weighted by Crippen LogP contribution is -2.30. The number of hydrogen-bond donors (Lipinski definition) is 0. The van der Waals surface area contributed by atoms with Crippen LogP contribution < -0.4 is 0 Å². The summed E-state index contributed by atoms with van der Waals surface area (Å²) >= 11 is 0. The summed E-state index contributed by atoms with van der Waals surface area (Å²) in [5.41, 5.74) is 0. The molecule has 0 rings (SSSR count). The van der Waals surface area contributed by atoms with Crippen LogP contribution in [0.5, 0.6) is 0 Å². The lowest BCUT2D eigenvalue weighted by atomic mass is 10.0. The highest BCUT2D eigenvalue weighted by molar-refractivity contribution is 5.71. The molecule has 6 nitrogen and oxygen atoms in total. The summed E-state index contributed by atoms with van der Waals surface area (Å²) in [7, 11) is 0. The van der Waals surface area contributed by atoms with Crippen molar-refractivity contribution < 1.29 is 28.6 Å². The molecule has 1 unspecified atom stereocenters. The predicted octanol–water partition coefficient (Wildman–Crippen LogP) is 19.3. The lowest BCUT2D eigenvalue weighted by molar-refractivity contribution is -0.167. The van der Waals surface area contributed by atoms with Crippen LogP contribution in [0.2, 0.25) is 0 Å². The molecule has 394 valence electrons. The Morgan fingerprint density at radius 3 is 0.884 bits per heavy atom. The second-order valence-corrected chi connectivity index (χ2v) is 18.8. The third-order valence-corrected chi connectivity index (χ3v) is 12.1. The van der Waals surface area contributed by atoms with Crippen LogP contribution in [-0.4, -0.2) is 37.2 Å². The molecule has 0 amide bonds. The van der Waals surface area contributed by atoms with Gasteiger partial charge in [-0.2, -0.15) is 0 Å². The van der Waals surface area contributed by atoms with E-state index in [4.69, 9.17) is 14.2 Å². The summed E-state index contributed by atoms with van der Waals surface area (Å²) in [6.07, 6.45) is 75.5. The molecule has 0 aromatic rings. The van der Waals surface area contributed by atoms with Gasteiger partial charge in [0.25, 0.3) is 0 Å². The minimum absolute atomic E-state index is 0.0885. The molecule has 0 radical (unpaired) electrons. The zero-order valence-electron chi connectivity index (χ0n) is 45.0. The van der Waals surface area contributed by atoms with E-state index < -0.39 is 6.10 Å². The maximum absolute atomic E-state index is 12.8. The van der Waals surface area contributed by atoms with Crippen molar-refractivity contribution in [3.05, 3.63) is 97.2 Å². The molecular weight excluding hydrogens is 853 g/mol. The van der Waals surface area contributed by atoms with Crippen molar-refractivity contribution in [1.82, 2.24) is 0 Å². The van der Waals surface area contributed by atoms with Crippen LogP contribution in [0.4, 0.5) is 0 Å². The average Bonchev–Trinajstić information content (AvgIpc) is 3.35.